The Bertz CT molecular complexity index is 459. The highest BCUT2D eigenvalue weighted by atomic mass is 35.5. The summed E-state index contributed by atoms with van der Waals surface area (Å²) in [5, 5.41) is 7.10. The van der Waals surface area contributed by atoms with Crippen molar-refractivity contribution in [3.05, 3.63) is 12.4 Å². The largest absolute Gasteiger partial charge is 0.327 e. The summed E-state index contributed by atoms with van der Waals surface area (Å²) < 4.78 is 1.80. The van der Waals surface area contributed by atoms with E-state index < -0.39 is 0 Å². The molecule has 3 N–H and O–H groups in total. The van der Waals surface area contributed by atoms with Crippen LogP contribution in [-0.2, 0) is 11.3 Å². The topological polar surface area (TPSA) is 72.9 Å². The zero-order valence-corrected chi connectivity index (χ0v) is 11.9. The first-order valence-corrected chi connectivity index (χ1v) is 6.78. The van der Waals surface area contributed by atoms with Crippen LogP contribution in [0.4, 0.5) is 5.69 Å². The lowest BCUT2D eigenvalue weighted by Crippen LogP contribution is -2.42. The van der Waals surface area contributed by atoms with E-state index in [2.05, 4.69) is 10.4 Å². The fourth-order valence-electron chi connectivity index (χ4n) is 3.55. The first-order chi connectivity index (χ1) is 8.69. The molecule has 106 valence electrons. The molecule has 19 heavy (non-hydrogen) atoms. The second-order valence-corrected chi connectivity index (χ2v) is 5.51. The van der Waals surface area contributed by atoms with E-state index in [1.165, 1.54) is 6.42 Å². The lowest BCUT2D eigenvalue weighted by Gasteiger charge is -2.26. The number of nitrogens with two attached hydrogens (primary N) is 1. The van der Waals surface area contributed by atoms with Gasteiger partial charge < -0.3 is 11.1 Å². The van der Waals surface area contributed by atoms with Crippen LogP contribution in [-0.4, -0.2) is 21.7 Å². The zero-order chi connectivity index (χ0) is 12.7. The maximum absolute atomic E-state index is 12.3. The zero-order valence-electron chi connectivity index (χ0n) is 11.1. The number of halogens is 1. The van der Waals surface area contributed by atoms with Crippen LogP contribution in [0.25, 0.3) is 0 Å². The molecule has 1 aromatic rings. The first kappa shape index (κ1) is 14.3. The minimum atomic E-state index is -0.00581. The molecule has 3 rings (SSSR count). The molecule has 2 saturated carbocycles. The van der Waals surface area contributed by atoms with E-state index >= 15 is 0 Å². The number of aryl methyl sites for hydroxylation is 1. The number of nitrogens with zero attached hydrogens (tertiary/aromatic N) is 2. The molecular weight excluding hydrogens is 264 g/mol. The van der Waals surface area contributed by atoms with Gasteiger partial charge in [0.1, 0.15) is 0 Å². The maximum Gasteiger partial charge on any atom is 0.229 e. The maximum atomic E-state index is 12.3. The van der Waals surface area contributed by atoms with E-state index in [4.69, 9.17) is 5.73 Å². The monoisotopic (exact) mass is 284 g/mol. The van der Waals surface area contributed by atoms with Crippen LogP contribution in [0.5, 0.6) is 0 Å². The predicted octanol–water partition coefficient (Wildman–Crippen LogP) is 1.64. The summed E-state index contributed by atoms with van der Waals surface area (Å²) in [4.78, 5) is 12.3. The van der Waals surface area contributed by atoms with Gasteiger partial charge in [0.05, 0.1) is 17.8 Å². The molecule has 4 unspecified atom stereocenters. The Hall–Kier alpha value is -1.07. The fourth-order valence-corrected chi connectivity index (χ4v) is 3.55. The number of fused-ring (bicyclic) bond motifs is 2. The van der Waals surface area contributed by atoms with Crippen LogP contribution >= 0.6 is 12.4 Å². The lowest BCUT2D eigenvalue weighted by molar-refractivity contribution is -0.121. The standard InChI is InChI=1S/C13H20N4O.ClH/c1-2-17-7-10(6-15-17)16-13(18)11-8-3-4-9(5-8)12(11)14;/h6-9,11-12H,2-5,14H2,1H3,(H,16,18);1H. The van der Waals surface area contributed by atoms with E-state index in [-0.39, 0.29) is 30.3 Å². The number of rotatable bonds is 3. The third-order valence-electron chi connectivity index (χ3n) is 4.51. The van der Waals surface area contributed by atoms with Gasteiger partial charge in [-0.1, -0.05) is 0 Å². The molecule has 1 amide bonds. The molecule has 0 aliphatic heterocycles. The number of anilines is 1. The number of hydrogen-bond acceptors (Lipinski definition) is 3. The van der Waals surface area contributed by atoms with Gasteiger partial charge in [0.15, 0.2) is 0 Å². The molecule has 2 aliphatic carbocycles. The van der Waals surface area contributed by atoms with Crippen molar-refractivity contribution in [2.75, 3.05) is 5.32 Å². The summed E-state index contributed by atoms with van der Waals surface area (Å²) in [5.41, 5.74) is 6.94. The summed E-state index contributed by atoms with van der Waals surface area (Å²) in [6.07, 6.45) is 7.04. The number of carbonyl (C=O) groups excluding carboxylic acids is 1. The highest BCUT2D eigenvalue weighted by molar-refractivity contribution is 5.93. The van der Waals surface area contributed by atoms with E-state index in [9.17, 15) is 4.79 Å². The van der Waals surface area contributed by atoms with Crippen LogP contribution in [0.3, 0.4) is 0 Å². The molecule has 2 aliphatic rings. The highest BCUT2D eigenvalue weighted by Gasteiger charge is 2.49. The Morgan fingerprint density at radius 3 is 2.84 bits per heavy atom. The minimum Gasteiger partial charge on any atom is -0.327 e. The van der Waals surface area contributed by atoms with Crippen LogP contribution in [0.2, 0.25) is 0 Å². The number of hydrogen-bond donors (Lipinski definition) is 2. The second-order valence-electron chi connectivity index (χ2n) is 5.51. The Morgan fingerprint density at radius 2 is 2.26 bits per heavy atom. The van der Waals surface area contributed by atoms with Crippen LogP contribution in [0, 0.1) is 17.8 Å². The summed E-state index contributed by atoms with van der Waals surface area (Å²) in [6.45, 7) is 2.83. The Balaban J connectivity index is 0.00000133. The molecular formula is C13H21ClN4O. The van der Waals surface area contributed by atoms with Gasteiger partial charge in [-0.25, -0.2) is 0 Å². The number of nitrogens with one attached hydrogen (secondary N) is 1. The van der Waals surface area contributed by atoms with Crippen molar-refractivity contribution in [3.8, 4) is 0 Å². The van der Waals surface area contributed by atoms with Gasteiger partial charge in [-0.05, 0) is 38.0 Å². The third-order valence-corrected chi connectivity index (χ3v) is 4.51. The van der Waals surface area contributed by atoms with Crippen molar-refractivity contribution in [3.63, 3.8) is 0 Å². The summed E-state index contributed by atoms with van der Waals surface area (Å²) >= 11 is 0. The fraction of sp³-hybridized carbons (Fsp3) is 0.692. The van der Waals surface area contributed by atoms with Crippen LogP contribution in [0.15, 0.2) is 12.4 Å². The molecule has 4 atom stereocenters. The van der Waals surface area contributed by atoms with Crippen molar-refractivity contribution in [2.24, 2.45) is 23.5 Å². The van der Waals surface area contributed by atoms with E-state index in [0.29, 0.717) is 11.8 Å². The Labute approximate surface area is 119 Å². The van der Waals surface area contributed by atoms with Gasteiger partial charge >= 0.3 is 0 Å². The van der Waals surface area contributed by atoms with Crippen LogP contribution in [0.1, 0.15) is 26.2 Å². The third kappa shape index (κ3) is 2.49. The lowest BCUT2D eigenvalue weighted by atomic mass is 9.84. The van der Waals surface area contributed by atoms with Gasteiger partial charge in [0.2, 0.25) is 5.91 Å². The Kier molecular flexibility index (Phi) is 4.16. The van der Waals surface area contributed by atoms with Crippen molar-refractivity contribution in [2.45, 2.75) is 38.8 Å². The van der Waals surface area contributed by atoms with Gasteiger partial charge in [-0.3, -0.25) is 9.48 Å². The summed E-state index contributed by atoms with van der Waals surface area (Å²) in [6, 6.07) is 0.0463. The number of amides is 1. The van der Waals surface area contributed by atoms with Gasteiger partial charge in [0.25, 0.3) is 0 Å². The predicted molar refractivity (Wildman–Crippen MR) is 76.1 cm³/mol. The van der Waals surface area contributed by atoms with Crippen molar-refractivity contribution in [1.29, 1.82) is 0 Å². The molecule has 2 fully saturated rings. The molecule has 0 aromatic carbocycles. The molecule has 0 radical (unpaired) electrons. The molecule has 0 spiro atoms. The van der Waals surface area contributed by atoms with Crippen molar-refractivity contribution >= 4 is 24.0 Å². The van der Waals surface area contributed by atoms with Gasteiger partial charge in [0, 0.05) is 18.8 Å². The van der Waals surface area contributed by atoms with E-state index in [1.54, 1.807) is 10.9 Å². The average molecular weight is 285 g/mol. The number of aromatic nitrogens is 2. The van der Waals surface area contributed by atoms with Gasteiger partial charge in [-0.15, -0.1) is 12.4 Å². The van der Waals surface area contributed by atoms with E-state index in [1.807, 2.05) is 13.1 Å². The first-order valence-electron chi connectivity index (χ1n) is 6.78. The molecule has 2 bridgehead atoms. The van der Waals surface area contributed by atoms with Crippen LogP contribution < -0.4 is 11.1 Å². The van der Waals surface area contributed by atoms with Gasteiger partial charge in [-0.2, -0.15) is 5.10 Å². The summed E-state index contributed by atoms with van der Waals surface area (Å²) in [5.74, 6) is 1.12. The van der Waals surface area contributed by atoms with Crippen molar-refractivity contribution < 1.29 is 4.79 Å². The normalized spacial score (nSPS) is 32.1. The second kappa shape index (κ2) is 5.51. The molecule has 0 saturated heterocycles. The smallest absolute Gasteiger partial charge is 0.229 e. The quantitative estimate of drug-likeness (QED) is 0.886. The molecule has 6 heteroatoms. The Morgan fingerprint density at radius 1 is 1.53 bits per heavy atom. The molecule has 5 nitrogen and oxygen atoms in total. The highest BCUT2D eigenvalue weighted by Crippen LogP contribution is 2.47. The van der Waals surface area contributed by atoms with Crippen molar-refractivity contribution in [1.82, 2.24) is 9.78 Å². The molecule has 1 aromatic heterocycles. The van der Waals surface area contributed by atoms with E-state index in [0.717, 1.165) is 25.1 Å². The minimum absolute atomic E-state index is 0. The molecule has 1 heterocycles. The SMILES string of the molecule is CCn1cc(NC(=O)C2C3CCC(C3)C2N)cn1.Cl. The number of carbonyl (C=O) groups is 1. The summed E-state index contributed by atoms with van der Waals surface area (Å²) in [7, 11) is 0. The average Bonchev–Trinajstić information content (AvgIpc) is 3.03.